The number of carbonyl (C=O) groups excluding carboxylic acids is 1. The van der Waals surface area contributed by atoms with E-state index >= 15 is 0 Å². The quantitative estimate of drug-likeness (QED) is 0.347. The van der Waals surface area contributed by atoms with Crippen molar-refractivity contribution in [3.63, 3.8) is 0 Å². The number of hydrogen-bond donors (Lipinski definition) is 0. The van der Waals surface area contributed by atoms with Crippen LogP contribution in [0.5, 0.6) is 0 Å². The van der Waals surface area contributed by atoms with E-state index in [0.717, 1.165) is 67.1 Å². The third-order valence-electron chi connectivity index (χ3n) is 6.16. The molecule has 2 aromatic carbocycles. The van der Waals surface area contributed by atoms with Crippen molar-refractivity contribution in [3.05, 3.63) is 71.5 Å². The average Bonchev–Trinajstić information content (AvgIpc) is 3.20. The fourth-order valence-electron chi connectivity index (χ4n) is 4.15. The fraction of sp³-hybridized carbons (Fsp3) is 0.423. The highest BCUT2D eigenvalue weighted by atomic mass is 32.2. The second-order valence-electron chi connectivity index (χ2n) is 8.70. The number of para-hydroxylation sites is 1. The third kappa shape index (κ3) is 5.60. The minimum Gasteiger partial charge on any atom is -0.343 e. The Morgan fingerprint density at radius 3 is 2.50 bits per heavy atom. The van der Waals surface area contributed by atoms with Crippen molar-refractivity contribution in [3.8, 4) is 5.69 Å². The molecule has 168 valence electrons. The molecule has 32 heavy (non-hydrogen) atoms. The van der Waals surface area contributed by atoms with E-state index in [1.165, 1.54) is 11.1 Å². The fourth-order valence-corrected chi connectivity index (χ4v) is 5.05. The Labute approximate surface area is 195 Å². The molecule has 1 aromatic heterocycles. The molecule has 4 rings (SSSR count). The number of piperidine rings is 1. The van der Waals surface area contributed by atoms with Crippen molar-refractivity contribution in [2.75, 3.05) is 18.8 Å². The van der Waals surface area contributed by atoms with Crippen molar-refractivity contribution < 1.29 is 4.79 Å². The summed E-state index contributed by atoms with van der Waals surface area (Å²) in [6, 6.07) is 18.7. The second kappa shape index (κ2) is 10.8. The summed E-state index contributed by atoms with van der Waals surface area (Å²) in [5, 5.41) is 9.96. The Kier molecular flexibility index (Phi) is 7.63. The van der Waals surface area contributed by atoms with E-state index in [9.17, 15) is 4.79 Å². The topological polar surface area (TPSA) is 51.0 Å². The molecule has 2 heterocycles. The van der Waals surface area contributed by atoms with Crippen LogP contribution in [0.2, 0.25) is 0 Å². The van der Waals surface area contributed by atoms with Crippen LogP contribution in [0.15, 0.2) is 59.8 Å². The van der Waals surface area contributed by atoms with Crippen LogP contribution in [0.25, 0.3) is 5.69 Å². The maximum Gasteiger partial charge on any atom is 0.222 e. The Bertz CT molecular complexity index is 1030. The molecule has 1 amide bonds. The minimum atomic E-state index is 0.294. The van der Waals surface area contributed by atoms with E-state index in [4.69, 9.17) is 0 Å². The van der Waals surface area contributed by atoms with Gasteiger partial charge in [-0.15, -0.1) is 10.2 Å². The predicted octanol–water partition coefficient (Wildman–Crippen LogP) is 5.30. The SMILES string of the molecule is Cc1ccccc1-n1c(Cc2ccccc2)nnc1SCCCC(=O)N1CCC(C)CC1. The zero-order valence-corrected chi connectivity index (χ0v) is 19.9. The molecule has 0 spiro atoms. The summed E-state index contributed by atoms with van der Waals surface area (Å²) in [6.07, 6.45) is 4.45. The molecule has 0 unspecified atom stereocenters. The maximum atomic E-state index is 12.5. The molecule has 5 nitrogen and oxygen atoms in total. The molecular formula is C26H32N4OS. The molecule has 0 saturated carbocycles. The van der Waals surface area contributed by atoms with Crippen LogP contribution in [0.4, 0.5) is 0 Å². The first kappa shape index (κ1) is 22.6. The van der Waals surface area contributed by atoms with Crippen molar-refractivity contribution in [1.29, 1.82) is 0 Å². The first-order chi connectivity index (χ1) is 15.6. The van der Waals surface area contributed by atoms with Gasteiger partial charge in [-0.05, 0) is 49.3 Å². The molecule has 6 heteroatoms. The highest BCUT2D eigenvalue weighted by molar-refractivity contribution is 7.99. The molecule has 0 radical (unpaired) electrons. The summed E-state index contributed by atoms with van der Waals surface area (Å²) in [7, 11) is 0. The van der Waals surface area contributed by atoms with Gasteiger partial charge in [-0.2, -0.15) is 0 Å². The largest absolute Gasteiger partial charge is 0.343 e. The normalized spacial score (nSPS) is 14.6. The van der Waals surface area contributed by atoms with Gasteiger partial charge in [0.15, 0.2) is 5.16 Å². The lowest BCUT2D eigenvalue weighted by molar-refractivity contribution is -0.132. The number of rotatable bonds is 8. The predicted molar refractivity (Wildman–Crippen MR) is 130 cm³/mol. The van der Waals surface area contributed by atoms with Crippen LogP contribution in [-0.2, 0) is 11.2 Å². The summed E-state index contributed by atoms with van der Waals surface area (Å²) < 4.78 is 2.18. The lowest BCUT2D eigenvalue weighted by Gasteiger charge is -2.30. The van der Waals surface area contributed by atoms with E-state index < -0.39 is 0 Å². The first-order valence-corrected chi connectivity index (χ1v) is 12.5. The van der Waals surface area contributed by atoms with Crippen LogP contribution in [0.3, 0.4) is 0 Å². The Morgan fingerprint density at radius 1 is 1.03 bits per heavy atom. The van der Waals surface area contributed by atoms with Gasteiger partial charge >= 0.3 is 0 Å². The molecule has 0 aliphatic carbocycles. The summed E-state index contributed by atoms with van der Waals surface area (Å²) in [6.45, 7) is 6.22. The van der Waals surface area contributed by atoms with Gasteiger partial charge in [0.05, 0.1) is 5.69 Å². The zero-order valence-electron chi connectivity index (χ0n) is 19.0. The number of benzene rings is 2. The van der Waals surface area contributed by atoms with Crippen molar-refractivity contribution in [2.24, 2.45) is 5.92 Å². The highest BCUT2D eigenvalue weighted by Crippen LogP contribution is 2.26. The third-order valence-corrected chi connectivity index (χ3v) is 7.18. The zero-order chi connectivity index (χ0) is 22.3. The number of aryl methyl sites for hydroxylation is 1. The van der Waals surface area contributed by atoms with Crippen LogP contribution < -0.4 is 0 Å². The van der Waals surface area contributed by atoms with E-state index in [0.29, 0.717) is 12.3 Å². The number of nitrogens with zero attached hydrogens (tertiary/aromatic N) is 4. The van der Waals surface area contributed by atoms with Gasteiger partial charge in [0.2, 0.25) is 5.91 Å². The summed E-state index contributed by atoms with van der Waals surface area (Å²) >= 11 is 1.69. The lowest BCUT2D eigenvalue weighted by Crippen LogP contribution is -2.37. The standard InChI is InChI=1S/C26H32N4OS/c1-20-14-16-29(17-15-20)25(31)13-8-18-32-26-28-27-24(19-22-10-4-3-5-11-22)30(26)23-12-7-6-9-21(23)2/h3-7,9-12,20H,8,13-19H2,1-2H3. The van der Waals surface area contributed by atoms with Crippen LogP contribution in [0.1, 0.15) is 49.6 Å². The Balaban J connectivity index is 1.43. The van der Waals surface area contributed by atoms with Gasteiger partial charge in [-0.1, -0.05) is 67.2 Å². The molecule has 0 N–H and O–H groups in total. The smallest absolute Gasteiger partial charge is 0.222 e. The van der Waals surface area contributed by atoms with E-state index in [1.807, 2.05) is 11.0 Å². The number of likely N-dealkylation sites (tertiary alicyclic amines) is 1. The maximum absolute atomic E-state index is 12.5. The molecule has 3 aromatic rings. The molecule has 1 fully saturated rings. The highest BCUT2D eigenvalue weighted by Gasteiger charge is 2.20. The molecule has 1 aliphatic rings. The average molecular weight is 449 g/mol. The van der Waals surface area contributed by atoms with Crippen molar-refractivity contribution in [2.45, 2.75) is 51.1 Å². The van der Waals surface area contributed by atoms with Crippen LogP contribution in [-0.4, -0.2) is 44.4 Å². The van der Waals surface area contributed by atoms with Crippen LogP contribution in [0, 0.1) is 12.8 Å². The van der Waals surface area contributed by atoms with Gasteiger partial charge in [-0.25, -0.2) is 0 Å². The number of amides is 1. The first-order valence-electron chi connectivity index (χ1n) is 11.6. The van der Waals surface area contributed by atoms with Gasteiger partial charge in [0, 0.05) is 31.7 Å². The van der Waals surface area contributed by atoms with Crippen LogP contribution >= 0.6 is 11.8 Å². The van der Waals surface area contributed by atoms with Gasteiger partial charge in [0.25, 0.3) is 0 Å². The molecular weight excluding hydrogens is 416 g/mol. The summed E-state index contributed by atoms with van der Waals surface area (Å²) in [5.74, 6) is 2.83. The van der Waals surface area contributed by atoms with E-state index in [1.54, 1.807) is 11.8 Å². The molecule has 0 atom stereocenters. The number of thioether (sulfide) groups is 1. The molecule has 1 aliphatic heterocycles. The monoisotopic (exact) mass is 448 g/mol. The van der Waals surface area contributed by atoms with E-state index in [2.05, 4.69) is 77.1 Å². The number of aromatic nitrogens is 3. The van der Waals surface area contributed by atoms with Crippen molar-refractivity contribution >= 4 is 17.7 Å². The molecule has 1 saturated heterocycles. The second-order valence-corrected chi connectivity index (χ2v) is 9.76. The number of carbonyl (C=O) groups is 1. The van der Waals surface area contributed by atoms with E-state index in [-0.39, 0.29) is 0 Å². The summed E-state index contributed by atoms with van der Waals surface area (Å²) in [5.41, 5.74) is 3.52. The Morgan fingerprint density at radius 2 is 1.75 bits per heavy atom. The lowest BCUT2D eigenvalue weighted by atomic mass is 9.99. The Hall–Kier alpha value is -2.60. The summed E-state index contributed by atoms with van der Waals surface area (Å²) in [4.78, 5) is 14.6. The minimum absolute atomic E-state index is 0.294. The van der Waals surface area contributed by atoms with Gasteiger partial charge in [-0.3, -0.25) is 9.36 Å². The van der Waals surface area contributed by atoms with Crippen molar-refractivity contribution in [1.82, 2.24) is 19.7 Å². The number of hydrogen-bond acceptors (Lipinski definition) is 4. The van der Waals surface area contributed by atoms with Gasteiger partial charge in [0.1, 0.15) is 5.82 Å². The van der Waals surface area contributed by atoms with Gasteiger partial charge < -0.3 is 4.90 Å². The molecule has 0 bridgehead atoms.